The SMILES string of the molecule is Cl.Cl.O.O=c1[nH]c2cc(-c3ccncc3)cnc2n1CCO.O=c1[nH]c2cc(-c3ccncc3)cnc2n1CCO. The first kappa shape index (κ1) is 32.8. The van der Waals surface area contributed by atoms with Gasteiger partial charge >= 0.3 is 11.4 Å². The monoisotopic (exact) mass is 602 g/mol. The van der Waals surface area contributed by atoms with E-state index >= 15 is 0 Å². The van der Waals surface area contributed by atoms with Crippen LogP contribution in [0.2, 0.25) is 0 Å². The largest absolute Gasteiger partial charge is 0.412 e. The quantitative estimate of drug-likeness (QED) is 0.220. The van der Waals surface area contributed by atoms with Crippen LogP contribution >= 0.6 is 24.8 Å². The standard InChI is InChI=1S/2C13H12N4O2.2ClH.H2O/c2*18-6-5-17-12-11(16-13(17)19)7-10(8-15-12)9-1-3-14-4-2-9;;;/h2*1-4,7-8,18H,5-6H2,(H,16,19);2*1H;1H2. The van der Waals surface area contributed by atoms with Crippen LogP contribution in [0, 0.1) is 0 Å². The average Bonchev–Trinajstić information content (AvgIpc) is 3.44. The van der Waals surface area contributed by atoms with Crippen LogP contribution < -0.4 is 11.4 Å². The third kappa shape index (κ3) is 7.03. The summed E-state index contributed by atoms with van der Waals surface area (Å²) in [5.41, 5.74) is 5.70. The van der Waals surface area contributed by atoms with Gasteiger partial charge in [0.05, 0.1) is 37.3 Å². The van der Waals surface area contributed by atoms with Crippen LogP contribution in [-0.2, 0) is 13.1 Å². The molecule has 0 aliphatic rings. The third-order valence-corrected chi connectivity index (χ3v) is 5.89. The Labute approximate surface area is 244 Å². The zero-order chi connectivity index (χ0) is 26.5. The highest BCUT2D eigenvalue weighted by atomic mass is 35.5. The average molecular weight is 603 g/mol. The highest BCUT2D eigenvalue weighted by molar-refractivity contribution is 5.85. The molecule has 0 aromatic carbocycles. The second-order valence-corrected chi connectivity index (χ2v) is 8.27. The molecule has 6 heterocycles. The van der Waals surface area contributed by atoms with Gasteiger partial charge in [0.15, 0.2) is 11.3 Å². The normalized spacial score (nSPS) is 10.2. The van der Waals surface area contributed by atoms with Crippen LogP contribution in [0.15, 0.2) is 83.2 Å². The number of aromatic amines is 2. The van der Waals surface area contributed by atoms with E-state index in [1.807, 2.05) is 36.4 Å². The molecule has 0 fully saturated rings. The van der Waals surface area contributed by atoms with E-state index < -0.39 is 0 Å². The predicted octanol–water partition coefficient (Wildman–Crippen LogP) is 1.58. The van der Waals surface area contributed by atoms with Crippen molar-refractivity contribution in [3.63, 3.8) is 0 Å². The Hall–Kier alpha value is -4.40. The first-order chi connectivity index (χ1) is 18.6. The highest BCUT2D eigenvalue weighted by Crippen LogP contribution is 2.21. The number of halogens is 2. The van der Waals surface area contributed by atoms with Crippen molar-refractivity contribution in [3.8, 4) is 22.3 Å². The van der Waals surface area contributed by atoms with Crippen LogP contribution in [0.5, 0.6) is 0 Å². The molecule has 6 aromatic heterocycles. The van der Waals surface area contributed by atoms with Gasteiger partial charge < -0.3 is 25.7 Å². The molecule has 0 bridgehead atoms. The molecule has 0 unspecified atom stereocenters. The van der Waals surface area contributed by atoms with Crippen molar-refractivity contribution in [2.24, 2.45) is 0 Å². The lowest BCUT2D eigenvalue weighted by Crippen LogP contribution is -2.18. The Bertz CT molecular complexity index is 1670. The minimum atomic E-state index is -0.261. The molecule has 0 saturated carbocycles. The molecule has 41 heavy (non-hydrogen) atoms. The molecular formula is C26H28Cl2N8O5. The lowest BCUT2D eigenvalue weighted by atomic mass is 10.1. The fraction of sp³-hybridized carbons (Fsp3) is 0.154. The lowest BCUT2D eigenvalue weighted by Gasteiger charge is -2.02. The van der Waals surface area contributed by atoms with Crippen LogP contribution in [0.3, 0.4) is 0 Å². The third-order valence-electron chi connectivity index (χ3n) is 5.89. The zero-order valence-corrected chi connectivity index (χ0v) is 23.1. The number of hydrogen-bond acceptors (Lipinski definition) is 8. The number of H-pyrrole nitrogens is 2. The van der Waals surface area contributed by atoms with Gasteiger partial charge in [-0.05, 0) is 47.5 Å². The molecule has 0 aliphatic carbocycles. The van der Waals surface area contributed by atoms with Crippen molar-refractivity contribution < 1.29 is 15.7 Å². The minimum absolute atomic E-state index is 0. The van der Waals surface area contributed by atoms with E-state index in [1.54, 1.807) is 37.2 Å². The van der Waals surface area contributed by atoms with Crippen LogP contribution in [-0.4, -0.2) is 67.9 Å². The van der Waals surface area contributed by atoms with Crippen LogP contribution in [0.4, 0.5) is 0 Å². The van der Waals surface area contributed by atoms with Crippen LogP contribution in [0.25, 0.3) is 44.6 Å². The van der Waals surface area contributed by atoms with Gasteiger partial charge in [-0.25, -0.2) is 19.6 Å². The second-order valence-electron chi connectivity index (χ2n) is 8.27. The number of nitrogens with one attached hydrogen (secondary N) is 2. The zero-order valence-electron chi connectivity index (χ0n) is 21.5. The Morgan fingerprint density at radius 3 is 1.34 bits per heavy atom. The van der Waals surface area contributed by atoms with E-state index in [0.717, 1.165) is 22.3 Å². The van der Waals surface area contributed by atoms with Crippen molar-refractivity contribution in [2.45, 2.75) is 13.1 Å². The van der Waals surface area contributed by atoms with Gasteiger partial charge in [0.1, 0.15) is 0 Å². The molecule has 216 valence electrons. The maximum atomic E-state index is 11.7. The van der Waals surface area contributed by atoms with Crippen molar-refractivity contribution >= 4 is 47.1 Å². The Morgan fingerprint density at radius 1 is 0.634 bits per heavy atom. The van der Waals surface area contributed by atoms with E-state index in [9.17, 15) is 9.59 Å². The summed E-state index contributed by atoms with van der Waals surface area (Å²) in [6, 6.07) is 11.3. The summed E-state index contributed by atoms with van der Waals surface area (Å²) >= 11 is 0. The molecule has 0 saturated heterocycles. The van der Waals surface area contributed by atoms with E-state index in [-0.39, 0.29) is 68.0 Å². The minimum Gasteiger partial charge on any atom is -0.412 e. The molecule has 15 heteroatoms. The fourth-order valence-electron chi connectivity index (χ4n) is 4.11. The Balaban J connectivity index is 0.000000267. The van der Waals surface area contributed by atoms with Gasteiger partial charge in [0.2, 0.25) is 0 Å². The number of aliphatic hydroxyl groups is 2. The molecule has 0 spiro atoms. The summed E-state index contributed by atoms with van der Waals surface area (Å²) in [5, 5.41) is 17.9. The van der Waals surface area contributed by atoms with Gasteiger partial charge in [0.25, 0.3) is 0 Å². The van der Waals surface area contributed by atoms with Gasteiger partial charge in [-0.15, -0.1) is 24.8 Å². The van der Waals surface area contributed by atoms with E-state index in [4.69, 9.17) is 10.2 Å². The summed E-state index contributed by atoms with van der Waals surface area (Å²) in [4.78, 5) is 45.5. The van der Waals surface area contributed by atoms with Crippen molar-refractivity contribution in [1.82, 2.24) is 39.0 Å². The van der Waals surface area contributed by atoms with Gasteiger partial charge in [-0.2, -0.15) is 0 Å². The molecule has 0 amide bonds. The number of fused-ring (bicyclic) bond motifs is 2. The first-order valence-corrected chi connectivity index (χ1v) is 11.8. The highest BCUT2D eigenvalue weighted by Gasteiger charge is 2.10. The van der Waals surface area contributed by atoms with Crippen molar-refractivity contribution in [2.75, 3.05) is 13.2 Å². The van der Waals surface area contributed by atoms with E-state index in [1.165, 1.54) is 9.13 Å². The van der Waals surface area contributed by atoms with E-state index in [0.29, 0.717) is 22.3 Å². The molecule has 6 aromatic rings. The van der Waals surface area contributed by atoms with Crippen molar-refractivity contribution in [1.29, 1.82) is 0 Å². The van der Waals surface area contributed by atoms with Gasteiger partial charge in [-0.3, -0.25) is 19.1 Å². The first-order valence-electron chi connectivity index (χ1n) is 11.8. The smallest absolute Gasteiger partial charge is 0.327 e. The van der Waals surface area contributed by atoms with E-state index in [2.05, 4.69) is 29.9 Å². The lowest BCUT2D eigenvalue weighted by molar-refractivity contribution is 0.275. The molecule has 0 aliphatic heterocycles. The molecule has 0 atom stereocenters. The summed E-state index contributed by atoms with van der Waals surface area (Å²) in [7, 11) is 0. The molecule has 6 rings (SSSR count). The number of aromatic nitrogens is 8. The van der Waals surface area contributed by atoms with Crippen LogP contribution in [0.1, 0.15) is 0 Å². The predicted molar refractivity (Wildman–Crippen MR) is 159 cm³/mol. The number of hydrogen-bond donors (Lipinski definition) is 4. The summed E-state index contributed by atoms with van der Waals surface area (Å²) in [6.07, 6.45) is 10.2. The number of aliphatic hydroxyl groups excluding tert-OH is 2. The molecule has 6 N–H and O–H groups in total. The molecular weight excluding hydrogens is 575 g/mol. The van der Waals surface area contributed by atoms with Crippen molar-refractivity contribution in [3.05, 3.63) is 94.5 Å². The summed E-state index contributed by atoms with van der Waals surface area (Å²) in [6.45, 7) is 0.280. The molecule has 13 nitrogen and oxygen atoms in total. The summed E-state index contributed by atoms with van der Waals surface area (Å²) in [5.74, 6) is 0. The number of nitrogens with zero attached hydrogens (tertiary/aromatic N) is 6. The van der Waals surface area contributed by atoms with Gasteiger partial charge in [0, 0.05) is 48.3 Å². The van der Waals surface area contributed by atoms with Gasteiger partial charge in [-0.1, -0.05) is 0 Å². The topological polar surface area (TPSA) is 199 Å². The Morgan fingerprint density at radius 2 is 1.00 bits per heavy atom. The fourth-order valence-corrected chi connectivity index (χ4v) is 4.11. The summed E-state index contributed by atoms with van der Waals surface area (Å²) < 4.78 is 2.84. The molecule has 0 radical (unpaired) electrons. The number of rotatable bonds is 6. The number of pyridine rings is 4. The second kappa shape index (κ2) is 14.8. The maximum absolute atomic E-state index is 11.7. The Kier molecular flexibility index (Phi) is 11.9. The maximum Gasteiger partial charge on any atom is 0.327 e. The number of imidazole rings is 2.